The van der Waals surface area contributed by atoms with Crippen molar-refractivity contribution in [2.75, 3.05) is 0 Å². The maximum Gasteiger partial charge on any atom is 0.302 e. The van der Waals surface area contributed by atoms with Gasteiger partial charge in [0.15, 0.2) is 0 Å². The Balaban J connectivity index is 2.40. The molecular weight excluding hydrogens is 287 g/mol. The monoisotopic (exact) mass is 308 g/mol. The van der Waals surface area contributed by atoms with Crippen molar-refractivity contribution in [3.05, 3.63) is 0 Å². The first kappa shape index (κ1) is 14.7. The number of rotatable bonds is 2. The van der Waals surface area contributed by atoms with E-state index < -0.39 is 12.4 Å². The van der Waals surface area contributed by atoms with Crippen molar-refractivity contribution in [1.29, 1.82) is 0 Å². The summed E-state index contributed by atoms with van der Waals surface area (Å²) in [5.74, 6) is 0.0844. The molecule has 0 heterocycles. The number of halogens is 2. The van der Waals surface area contributed by atoms with Gasteiger partial charge in [0.1, 0.15) is 10.4 Å². The lowest BCUT2D eigenvalue weighted by Gasteiger charge is -2.37. The van der Waals surface area contributed by atoms with Gasteiger partial charge in [-0.15, -0.1) is 23.2 Å². The molecule has 2 aliphatic rings. The predicted molar refractivity (Wildman–Crippen MR) is 78.0 cm³/mol. The van der Waals surface area contributed by atoms with Crippen molar-refractivity contribution < 1.29 is 9.53 Å². The third-order valence-electron chi connectivity index (χ3n) is 4.72. The summed E-state index contributed by atoms with van der Waals surface area (Å²) < 4.78 is 4.92. The van der Waals surface area contributed by atoms with E-state index in [1.165, 1.54) is 6.92 Å². The summed E-state index contributed by atoms with van der Waals surface area (Å²) in [5.41, 5.74) is 0. The maximum absolute atomic E-state index is 11.4. The first-order valence-corrected chi connectivity index (χ1v) is 11.0. The van der Waals surface area contributed by atoms with E-state index in [0.29, 0.717) is 5.92 Å². The van der Waals surface area contributed by atoms with Crippen molar-refractivity contribution in [3.8, 4) is 0 Å². The summed E-state index contributed by atoms with van der Waals surface area (Å²) in [6, 6.07) is 0. The molecule has 0 unspecified atom stereocenters. The number of carbonyl (C=O) groups is 1. The lowest BCUT2D eigenvalue weighted by molar-refractivity contribution is -0.147. The molecule has 0 N–H and O–H groups in total. The molecule has 2 saturated carbocycles. The Labute approximate surface area is 120 Å². The SMILES string of the molecule is CC(=O)O[C@H]1CCCC[C@@H]2C(Cl)(Cl)[C@]12[Si](C)(C)C. The molecule has 2 fully saturated rings. The van der Waals surface area contributed by atoms with Gasteiger partial charge in [0.2, 0.25) is 0 Å². The van der Waals surface area contributed by atoms with Gasteiger partial charge in [-0.1, -0.05) is 26.1 Å². The van der Waals surface area contributed by atoms with Gasteiger partial charge in [0.25, 0.3) is 0 Å². The second-order valence-corrected chi connectivity index (χ2v) is 13.4. The van der Waals surface area contributed by atoms with Gasteiger partial charge in [-0.2, -0.15) is 0 Å². The molecule has 3 atom stereocenters. The van der Waals surface area contributed by atoms with E-state index in [1.54, 1.807) is 0 Å². The van der Waals surface area contributed by atoms with Crippen LogP contribution < -0.4 is 0 Å². The Morgan fingerprint density at radius 1 is 1.22 bits per heavy atom. The average Bonchev–Trinajstić information content (AvgIpc) is 2.74. The number of hydrogen-bond acceptors (Lipinski definition) is 2. The third kappa shape index (κ3) is 1.85. The van der Waals surface area contributed by atoms with Crippen LogP contribution in [0, 0.1) is 5.92 Å². The molecule has 0 aromatic rings. The smallest absolute Gasteiger partial charge is 0.302 e. The number of hydrogen-bond donors (Lipinski definition) is 0. The van der Waals surface area contributed by atoms with E-state index in [2.05, 4.69) is 19.6 Å². The summed E-state index contributed by atoms with van der Waals surface area (Å²) >= 11 is 13.2. The molecule has 0 radical (unpaired) electrons. The van der Waals surface area contributed by atoms with Gasteiger partial charge in [-0.25, -0.2) is 0 Å². The van der Waals surface area contributed by atoms with Crippen molar-refractivity contribution >= 4 is 37.2 Å². The zero-order chi connectivity index (χ0) is 13.8. The molecule has 104 valence electrons. The van der Waals surface area contributed by atoms with Crippen LogP contribution in [0.1, 0.15) is 32.6 Å². The van der Waals surface area contributed by atoms with E-state index in [-0.39, 0.29) is 17.1 Å². The van der Waals surface area contributed by atoms with Crippen molar-refractivity contribution in [2.24, 2.45) is 5.92 Å². The van der Waals surface area contributed by atoms with Gasteiger partial charge < -0.3 is 4.74 Å². The maximum atomic E-state index is 11.4. The minimum absolute atomic E-state index is 0.0934. The number of alkyl halides is 2. The highest BCUT2D eigenvalue weighted by Crippen LogP contribution is 2.83. The quantitative estimate of drug-likeness (QED) is 0.430. The van der Waals surface area contributed by atoms with Gasteiger partial charge in [-0.05, 0) is 19.3 Å². The molecular formula is C13H22Cl2O2Si. The molecule has 0 bridgehead atoms. The molecule has 0 aromatic carbocycles. The predicted octanol–water partition coefficient (Wildman–Crippen LogP) is 4.37. The fourth-order valence-electron chi connectivity index (χ4n) is 4.11. The van der Waals surface area contributed by atoms with Crippen molar-refractivity contribution in [2.45, 2.75) is 67.7 Å². The molecule has 5 heteroatoms. The lowest BCUT2D eigenvalue weighted by atomic mass is 10.1. The van der Waals surface area contributed by atoms with Crippen molar-refractivity contribution in [3.63, 3.8) is 0 Å². The number of fused-ring (bicyclic) bond motifs is 1. The normalized spacial score (nSPS) is 38.6. The molecule has 0 amide bonds. The van der Waals surface area contributed by atoms with Crippen LogP contribution >= 0.6 is 23.2 Å². The molecule has 2 nitrogen and oxygen atoms in total. The molecule has 0 saturated heterocycles. The number of ether oxygens (including phenoxy) is 1. The van der Waals surface area contributed by atoms with E-state index >= 15 is 0 Å². The van der Waals surface area contributed by atoms with Crippen LogP contribution in [0.5, 0.6) is 0 Å². The fourth-order valence-corrected chi connectivity index (χ4v) is 10.6. The van der Waals surface area contributed by atoms with Gasteiger partial charge in [-0.3, -0.25) is 4.79 Å². The van der Waals surface area contributed by atoms with Crippen molar-refractivity contribution in [1.82, 2.24) is 0 Å². The molecule has 0 aromatic heterocycles. The second kappa shape index (κ2) is 4.39. The third-order valence-corrected chi connectivity index (χ3v) is 9.74. The van der Waals surface area contributed by atoms with Crippen LogP contribution in [0.4, 0.5) is 0 Å². The van der Waals surface area contributed by atoms with E-state index in [4.69, 9.17) is 27.9 Å². The highest BCUT2D eigenvalue weighted by molar-refractivity contribution is 6.84. The summed E-state index contributed by atoms with van der Waals surface area (Å²) in [6.07, 6.45) is 4.11. The largest absolute Gasteiger partial charge is 0.462 e. The fraction of sp³-hybridized carbons (Fsp3) is 0.923. The van der Waals surface area contributed by atoms with Crippen LogP contribution in [-0.4, -0.2) is 24.5 Å². The average molecular weight is 309 g/mol. The van der Waals surface area contributed by atoms with E-state index in [1.807, 2.05) is 0 Å². The van der Waals surface area contributed by atoms with Gasteiger partial charge in [0, 0.05) is 17.9 Å². The minimum Gasteiger partial charge on any atom is -0.462 e. The van der Waals surface area contributed by atoms with Crippen LogP contribution in [0.25, 0.3) is 0 Å². The highest BCUT2D eigenvalue weighted by atomic mass is 35.5. The van der Waals surface area contributed by atoms with E-state index in [0.717, 1.165) is 25.7 Å². The molecule has 0 spiro atoms. The molecule has 0 aliphatic heterocycles. The Morgan fingerprint density at radius 3 is 2.28 bits per heavy atom. The van der Waals surface area contributed by atoms with Gasteiger partial charge in [0.05, 0.1) is 8.07 Å². The summed E-state index contributed by atoms with van der Waals surface area (Å²) in [6.45, 7) is 8.33. The summed E-state index contributed by atoms with van der Waals surface area (Å²) in [4.78, 5) is 11.4. The van der Waals surface area contributed by atoms with Gasteiger partial charge >= 0.3 is 5.97 Å². The summed E-state index contributed by atoms with van der Waals surface area (Å²) in [5, 5.41) is -0.161. The van der Waals surface area contributed by atoms with E-state index in [9.17, 15) is 4.79 Å². The Morgan fingerprint density at radius 2 is 1.78 bits per heavy atom. The number of carbonyl (C=O) groups excluding carboxylic acids is 1. The number of esters is 1. The van der Waals surface area contributed by atoms with Crippen LogP contribution in [-0.2, 0) is 9.53 Å². The Hall–Kier alpha value is 0.267. The van der Waals surface area contributed by atoms with Crippen LogP contribution in [0.15, 0.2) is 0 Å². The molecule has 2 rings (SSSR count). The van der Waals surface area contributed by atoms with Crippen LogP contribution in [0.3, 0.4) is 0 Å². The zero-order valence-electron chi connectivity index (χ0n) is 11.6. The zero-order valence-corrected chi connectivity index (χ0v) is 14.1. The summed E-state index contributed by atoms with van der Waals surface area (Å²) in [7, 11) is -1.65. The Bertz CT molecular complexity index is 364. The standard InChI is InChI=1S/C13H22Cl2O2Si/c1-9(16)17-11-8-6-5-7-10-12(11,13(10,14)15)18(2,3)4/h10-11H,5-8H2,1-4H3/t10-,11-,12+/m0/s1. The first-order valence-electron chi connectivity index (χ1n) is 6.70. The molecule has 18 heavy (non-hydrogen) atoms. The second-order valence-electron chi connectivity index (χ2n) is 6.68. The van der Waals surface area contributed by atoms with Crippen LogP contribution in [0.2, 0.25) is 24.7 Å². The lowest BCUT2D eigenvalue weighted by Crippen LogP contribution is -2.43. The molecule has 2 aliphatic carbocycles. The minimum atomic E-state index is -1.65. The first-order chi connectivity index (χ1) is 8.15. The topological polar surface area (TPSA) is 26.3 Å². The highest BCUT2D eigenvalue weighted by Gasteiger charge is 2.83. The Kier molecular flexibility index (Phi) is 3.58.